The zero-order valence-corrected chi connectivity index (χ0v) is 10.6. The second kappa shape index (κ2) is 5.01. The van der Waals surface area contributed by atoms with Gasteiger partial charge in [0, 0.05) is 6.04 Å². The summed E-state index contributed by atoms with van der Waals surface area (Å²) in [5.74, 6) is -3.85. The van der Waals surface area contributed by atoms with Crippen LogP contribution in [0, 0.1) is 5.82 Å². The Morgan fingerprint density at radius 3 is 2.14 bits per heavy atom. The van der Waals surface area contributed by atoms with Gasteiger partial charge < -0.3 is 10.4 Å². The summed E-state index contributed by atoms with van der Waals surface area (Å²) in [6, 6.07) is 3.86. The number of benzene rings is 1. The number of hydrogen-bond acceptors (Lipinski definition) is 2. The quantitative estimate of drug-likeness (QED) is 0.839. The minimum absolute atomic E-state index is 0.171. The molecule has 1 aliphatic carbocycles. The van der Waals surface area contributed by atoms with Crippen LogP contribution in [0.25, 0.3) is 0 Å². The number of carboxylic acid groups (broad SMARTS) is 1. The zero-order valence-electron chi connectivity index (χ0n) is 10.6. The van der Waals surface area contributed by atoms with E-state index in [1.807, 2.05) is 0 Å². The average Bonchev–Trinajstić information content (AvgIpc) is 2.32. The van der Waals surface area contributed by atoms with Gasteiger partial charge in [-0.2, -0.15) is 13.2 Å². The number of carboxylic acids is 1. The Morgan fingerprint density at radius 2 is 1.71 bits per heavy atom. The van der Waals surface area contributed by atoms with E-state index in [2.05, 4.69) is 0 Å². The van der Waals surface area contributed by atoms with Crippen molar-refractivity contribution in [2.24, 2.45) is 0 Å². The first-order valence-electron chi connectivity index (χ1n) is 6.02. The number of nitrogens with one attached hydrogen (secondary N) is 1. The number of alkyl halides is 3. The third kappa shape index (κ3) is 2.84. The van der Waals surface area contributed by atoms with Crippen LogP contribution in [0.5, 0.6) is 0 Å². The van der Waals surface area contributed by atoms with Crippen LogP contribution in [0.4, 0.5) is 17.6 Å². The van der Waals surface area contributed by atoms with Gasteiger partial charge in [-0.05, 0) is 30.5 Å². The van der Waals surface area contributed by atoms with E-state index >= 15 is 0 Å². The van der Waals surface area contributed by atoms with Crippen LogP contribution in [-0.2, 0) is 15.0 Å². The molecule has 114 valence electrons. The summed E-state index contributed by atoms with van der Waals surface area (Å²) in [7, 11) is 0. The highest BCUT2D eigenvalue weighted by Crippen LogP contribution is 2.44. The lowest BCUT2D eigenvalue weighted by Crippen LogP contribution is -2.58. The lowest BCUT2D eigenvalue weighted by molar-refractivity contribution is -0.176. The minimum atomic E-state index is -5.00. The van der Waals surface area contributed by atoms with Crippen LogP contribution < -0.4 is 5.32 Å². The summed E-state index contributed by atoms with van der Waals surface area (Å²) in [5.41, 5.74) is -1.09. The van der Waals surface area contributed by atoms with Gasteiger partial charge in [0.05, 0.1) is 5.41 Å². The lowest BCUT2D eigenvalue weighted by Gasteiger charge is -2.45. The molecule has 1 fully saturated rings. The normalized spacial score (nSPS) is 25.0. The number of carbonyl (C=O) groups excluding carboxylic acids is 1. The van der Waals surface area contributed by atoms with Crippen LogP contribution in [0.15, 0.2) is 24.3 Å². The second-order valence-corrected chi connectivity index (χ2v) is 4.97. The second-order valence-electron chi connectivity index (χ2n) is 4.97. The van der Waals surface area contributed by atoms with E-state index in [-0.39, 0.29) is 12.8 Å². The van der Waals surface area contributed by atoms with E-state index < -0.39 is 35.3 Å². The fraction of sp³-hybridized carbons (Fsp3) is 0.385. The molecule has 0 unspecified atom stereocenters. The molecule has 1 aromatic rings. The summed E-state index contributed by atoms with van der Waals surface area (Å²) in [5, 5.41) is 11.0. The van der Waals surface area contributed by atoms with E-state index in [0.717, 1.165) is 12.1 Å². The van der Waals surface area contributed by atoms with Gasteiger partial charge >= 0.3 is 18.1 Å². The van der Waals surface area contributed by atoms with E-state index in [1.165, 1.54) is 12.1 Å². The molecule has 0 heterocycles. The molecule has 8 heteroatoms. The predicted molar refractivity (Wildman–Crippen MR) is 62.9 cm³/mol. The van der Waals surface area contributed by atoms with Crippen LogP contribution in [0.3, 0.4) is 0 Å². The largest absolute Gasteiger partial charge is 0.481 e. The first-order valence-corrected chi connectivity index (χ1v) is 6.02. The average molecular weight is 305 g/mol. The maximum atomic E-state index is 12.8. The molecule has 2 rings (SSSR count). The molecular weight excluding hydrogens is 294 g/mol. The Bertz CT molecular complexity index is 562. The molecule has 0 saturated heterocycles. The van der Waals surface area contributed by atoms with Crippen LogP contribution in [-0.4, -0.2) is 29.2 Å². The summed E-state index contributed by atoms with van der Waals surface area (Å²) in [6.45, 7) is 0. The van der Waals surface area contributed by atoms with Crippen molar-refractivity contribution in [3.63, 3.8) is 0 Å². The van der Waals surface area contributed by atoms with Gasteiger partial charge in [0.15, 0.2) is 0 Å². The van der Waals surface area contributed by atoms with E-state index in [9.17, 15) is 32.3 Å². The molecule has 0 atom stereocenters. The van der Waals surface area contributed by atoms with Crippen molar-refractivity contribution < 1.29 is 32.3 Å². The van der Waals surface area contributed by atoms with Gasteiger partial charge in [-0.3, -0.25) is 9.59 Å². The minimum Gasteiger partial charge on any atom is -0.481 e. The standard InChI is InChI=1S/C13H11F4NO3/c14-8-3-1-7(2-4-8)12(11(20)21)5-9(6-12)18-10(19)13(15,16)17/h1-4,9H,5-6H2,(H,18,19)(H,20,21). The molecule has 1 aromatic carbocycles. The van der Waals surface area contributed by atoms with E-state index in [0.29, 0.717) is 5.56 Å². The van der Waals surface area contributed by atoms with Crippen molar-refractivity contribution in [3.8, 4) is 0 Å². The smallest absolute Gasteiger partial charge is 0.471 e. The van der Waals surface area contributed by atoms with Crippen molar-refractivity contribution in [1.29, 1.82) is 0 Å². The molecule has 21 heavy (non-hydrogen) atoms. The molecule has 0 spiro atoms. The number of rotatable bonds is 3. The molecule has 0 aliphatic heterocycles. The Labute approximate surface area is 116 Å². The lowest BCUT2D eigenvalue weighted by atomic mass is 9.61. The molecule has 2 N–H and O–H groups in total. The highest BCUT2D eigenvalue weighted by molar-refractivity contribution is 5.85. The molecule has 4 nitrogen and oxygen atoms in total. The molecule has 1 saturated carbocycles. The maximum Gasteiger partial charge on any atom is 0.471 e. The predicted octanol–water partition coefficient (Wildman–Crippen LogP) is 1.99. The third-order valence-corrected chi connectivity index (χ3v) is 3.59. The van der Waals surface area contributed by atoms with Gasteiger partial charge in [0.25, 0.3) is 0 Å². The molecule has 0 aromatic heterocycles. The zero-order chi connectivity index (χ0) is 15.8. The summed E-state index contributed by atoms with van der Waals surface area (Å²) in [4.78, 5) is 22.2. The number of halogens is 4. The van der Waals surface area contributed by atoms with Gasteiger partial charge in [-0.1, -0.05) is 12.1 Å². The highest BCUT2D eigenvalue weighted by atomic mass is 19.4. The number of aliphatic carboxylic acids is 1. The Kier molecular flexibility index (Phi) is 3.65. The van der Waals surface area contributed by atoms with Crippen molar-refractivity contribution in [3.05, 3.63) is 35.6 Å². The maximum absolute atomic E-state index is 12.8. The Hall–Kier alpha value is -2.12. The van der Waals surface area contributed by atoms with Crippen molar-refractivity contribution in [2.45, 2.75) is 30.5 Å². The van der Waals surface area contributed by atoms with Crippen molar-refractivity contribution in [2.75, 3.05) is 0 Å². The van der Waals surface area contributed by atoms with Crippen LogP contribution in [0.1, 0.15) is 18.4 Å². The summed E-state index contributed by atoms with van der Waals surface area (Å²) in [6.07, 6.45) is -5.34. The molecule has 1 amide bonds. The number of carbonyl (C=O) groups is 2. The molecule has 1 aliphatic rings. The Morgan fingerprint density at radius 1 is 1.19 bits per heavy atom. The molecule has 0 radical (unpaired) electrons. The van der Waals surface area contributed by atoms with Gasteiger partial charge in [-0.25, -0.2) is 4.39 Å². The summed E-state index contributed by atoms with van der Waals surface area (Å²) >= 11 is 0. The van der Waals surface area contributed by atoms with E-state index in [4.69, 9.17) is 0 Å². The SMILES string of the molecule is O=C(NC1CC(C(=O)O)(c2ccc(F)cc2)C1)C(F)(F)F. The van der Waals surface area contributed by atoms with Crippen LogP contribution >= 0.6 is 0 Å². The third-order valence-electron chi connectivity index (χ3n) is 3.59. The Balaban J connectivity index is 2.11. The van der Waals surface area contributed by atoms with Gasteiger partial charge in [0.2, 0.25) is 0 Å². The van der Waals surface area contributed by atoms with E-state index in [1.54, 1.807) is 5.32 Å². The first kappa shape index (κ1) is 15.3. The topological polar surface area (TPSA) is 66.4 Å². The van der Waals surface area contributed by atoms with Crippen molar-refractivity contribution in [1.82, 2.24) is 5.32 Å². The fourth-order valence-electron chi connectivity index (χ4n) is 2.45. The van der Waals surface area contributed by atoms with Gasteiger partial charge in [0.1, 0.15) is 5.82 Å². The number of amides is 1. The van der Waals surface area contributed by atoms with Gasteiger partial charge in [-0.15, -0.1) is 0 Å². The van der Waals surface area contributed by atoms with Crippen LogP contribution in [0.2, 0.25) is 0 Å². The fourth-order valence-corrected chi connectivity index (χ4v) is 2.45. The number of hydrogen-bond donors (Lipinski definition) is 2. The molecular formula is C13H11F4NO3. The van der Waals surface area contributed by atoms with Crippen molar-refractivity contribution >= 4 is 11.9 Å². The highest BCUT2D eigenvalue weighted by Gasteiger charge is 2.53. The first-order chi connectivity index (χ1) is 9.65. The summed E-state index contributed by atoms with van der Waals surface area (Å²) < 4.78 is 49.2. The monoisotopic (exact) mass is 305 g/mol. The molecule has 0 bridgehead atoms.